The Morgan fingerprint density at radius 1 is 0.875 bits per heavy atom. The van der Waals surface area contributed by atoms with Crippen LogP contribution < -0.4 is 9.47 Å². The molecule has 0 amide bonds. The van der Waals surface area contributed by atoms with Crippen LogP contribution in [0.3, 0.4) is 0 Å². The zero-order chi connectivity index (χ0) is 12.1. The number of ether oxygens (including phenoxy) is 2. The summed E-state index contributed by atoms with van der Waals surface area (Å²) in [6.07, 6.45) is 3.07. The smallest absolute Gasteiger partial charge is 0.164 e. The van der Waals surface area contributed by atoms with Gasteiger partial charge >= 0.3 is 0 Å². The van der Waals surface area contributed by atoms with E-state index < -0.39 is 0 Å². The molecule has 0 aliphatic heterocycles. The molecule has 90 valence electrons. The van der Waals surface area contributed by atoms with E-state index in [-0.39, 0.29) is 0 Å². The van der Waals surface area contributed by atoms with Gasteiger partial charge in [-0.05, 0) is 36.5 Å². The summed E-state index contributed by atoms with van der Waals surface area (Å²) in [5, 5.41) is 0. The summed E-state index contributed by atoms with van der Waals surface area (Å²) in [7, 11) is 3.41. The van der Waals surface area contributed by atoms with Crippen LogP contribution in [0.1, 0.15) is 37.5 Å². The number of aryl methyl sites for hydroxylation is 1. The van der Waals surface area contributed by atoms with Gasteiger partial charge in [-0.2, -0.15) is 0 Å². The van der Waals surface area contributed by atoms with Gasteiger partial charge in [0.05, 0.1) is 14.2 Å². The lowest BCUT2D eigenvalue weighted by atomic mass is 9.94. The fourth-order valence-electron chi connectivity index (χ4n) is 2.30. The molecule has 0 bridgehead atoms. The largest absolute Gasteiger partial charge is 0.493 e. The Morgan fingerprint density at radius 2 is 1.50 bits per heavy atom. The lowest BCUT2D eigenvalue weighted by Gasteiger charge is -2.18. The van der Waals surface area contributed by atoms with Crippen molar-refractivity contribution in [2.45, 2.75) is 40.0 Å². The zero-order valence-corrected chi connectivity index (χ0v) is 11.0. The van der Waals surface area contributed by atoms with Crippen LogP contribution in [0.2, 0.25) is 0 Å². The molecule has 0 N–H and O–H groups in total. The molecule has 0 aromatic heterocycles. The number of hydrogen-bond acceptors (Lipinski definition) is 2. The predicted octanol–water partition coefficient (Wildman–Crippen LogP) is 3.39. The molecule has 1 aromatic rings. The lowest BCUT2D eigenvalue weighted by molar-refractivity contribution is 0.351. The van der Waals surface area contributed by atoms with Crippen molar-refractivity contribution < 1.29 is 9.47 Å². The molecule has 0 atom stereocenters. The molecule has 0 heterocycles. The normalized spacial score (nSPS) is 10.3. The maximum atomic E-state index is 5.48. The Morgan fingerprint density at radius 3 is 1.88 bits per heavy atom. The van der Waals surface area contributed by atoms with Crippen LogP contribution in [-0.2, 0) is 19.3 Å². The van der Waals surface area contributed by atoms with Crippen LogP contribution in [0.15, 0.2) is 6.07 Å². The summed E-state index contributed by atoms with van der Waals surface area (Å²) in [6, 6.07) is 2.11. The minimum absolute atomic E-state index is 0.855. The molecule has 0 saturated heterocycles. The van der Waals surface area contributed by atoms with Crippen LogP contribution in [0, 0.1) is 0 Å². The van der Waals surface area contributed by atoms with E-state index in [1.807, 2.05) is 0 Å². The Balaban J connectivity index is 3.47. The molecule has 0 spiro atoms. The zero-order valence-electron chi connectivity index (χ0n) is 11.0. The summed E-state index contributed by atoms with van der Waals surface area (Å²) in [5.41, 5.74) is 4.08. The molecule has 0 radical (unpaired) electrons. The first-order valence-corrected chi connectivity index (χ1v) is 5.98. The van der Waals surface area contributed by atoms with E-state index in [2.05, 4.69) is 26.8 Å². The van der Waals surface area contributed by atoms with E-state index in [0.29, 0.717) is 0 Å². The SMILES string of the molecule is CCc1cc(OC)c(OC)c(CC)c1CC. The maximum absolute atomic E-state index is 5.48. The predicted molar refractivity (Wildman–Crippen MR) is 67.7 cm³/mol. The average Bonchev–Trinajstić information content (AvgIpc) is 2.35. The van der Waals surface area contributed by atoms with Gasteiger partial charge in [0.1, 0.15) is 0 Å². The monoisotopic (exact) mass is 222 g/mol. The van der Waals surface area contributed by atoms with Gasteiger partial charge in [0.25, 0.3) is 0 Å². The Hall–Kier alpha value is -1.18. The molecular formula is C14H22O2. The third kappa shape index (κ3) is 2.16. The number of methoxy groups -OCH3 is 2. The first-order chi connectivity index (χ1) is 7.73. The molecular weight excluding hydrogens is 200 g/mol. The van der Waals surface area contributed by atoms with Crippen molar-refractivity contribution in [1.82, 2.24) is 0 Å². The summed E-state index contributed by atoms with van der Waals surface area (Å²) in [5.74, 6) is 1.76. The van der Waals surface area contributed by atoms with E-state index in [1.54, 1.807) is 14.2 Å². The van der Waals surface area contributed by atoms with Gasteiger partial charge in [-0.25, -0.2) is 0 Å². The second-order valence-corrected chi connectivity index (χ2v) is 3.79. The van der Waals surface area contributed by atoms with E-state index in [9.17, 15) is 0 Å². The van der Waals surface area contributed by atoms with Crippen LogP contribution in [0.5, 0.6) is 11.5 Å². The summed E-state index contributed by atoms with van der Waals surface area (Å²) in [6.45, 7) is 6.54. The molecule has 1 rings (SSSR count). The van der Waals surface area contributed by atoms with Crippen molar-refractivity contribution in [2.24, 2.45) is 0 Å². The van der Waals surface area contributed by atoms with E-state index in [4.69, 9.17) is 9.47 Å². The van der Waals surface area contributed by atoms with Crippen LogP contribution in [-0.4, -0.2) is 14.2 Å². The summed E-state index contributed by atoms with van der Waals surface area (Å²) in [4.78, 5) is 0. The van der Waals surface area contributed by atoms with Crippen molar-refractivity contribution in [1.29, 1.82) is 0 Å². The van der Waals surface area contributed by atoms with Crippen molar-refractivity contribution in [2.75, 3.05) is 14.2 Å². The van der Waals surface area contributed by atoms with Gasteiger partial charge in [-0.1, -0.05) is 20.8 Å². The van der Waals surface area contributed by atoms with Gasteiger partial charge in [-0.15, -0.1) is 0 Å². The molecule has 0 fully saturated rings. The second-order valence-electron chi connectivity index (χ2n) is 3.79. The molecule has 0 unspecified atom stereocenters. The fourth-order valence-corrected chi connectivity index (χ4v) is 2.30. The Kier molecular flexibility index (Phi) is 4.66. The maximum Gasteiger partial charge on any atom is 0.164 e. The highest BCUT2D eigenvalue weighted by Crippen LogP contribution is 2.36. The highest BCUT2D eigenvalue weighted by Gasteiger charge is 2.16. The summed E-state index contributed by atoms with van der Waals surface area (Å²) >= 11 is 0. The van der Waals surface area contributed by atoms with E-state index in [1.165, 1.54) is 16.7 Å². The molecule has 0 saturated carbocycles. The van der Waals surface area contributed by atoms with Gasteiger partial charge in [0, 0.05) is 5.56 Å². The first kappa shape index (κ1) is 12.9. The topological polar surface area (TPSA) is 18.5 Å². The minimum atomic E-state index is 0.855. The van der Waals surface area contributed by atoms with Crippen molar-refractivity contribution in [3.05, 3.63) is 22.8 Å². The standard InChI is InChI=1S/C14H22O2/c1-6-10-9-13(15-4)14(16-5)12(8-3)11(10)7-2/h9H,6-8H2,1-5H3. The molecule has 0 aliphatic carbocycles. The number of hydrogen-bond donors (Lipinski definition) is 0. The number of rotatable bonds is 5. The summed E-state index contributed by atoms with van der Waals surface area (Å²) < 4.78 is 10.9. The highest BCUT2D eigenvalue weighted by atomic mass is 16.5. The quantitative estimate of drug-likeness (QED) is 0.760. The van der Waals surface area contributed by atoms with Crippen molar-refractivity contribution in [3.8, 4) is 11.5 Å². The average molecular weight is 222 g/mol. The lowest BCUT2D eigenvalue weighted by Crippen LogP contribution is -2.03. The minimum Gasteiger partial charge on any atom is -0.493 e. The third-order valence-electron chi connectivity index (χ3n) is 3.07. The van der Waals surface area contributed by atoms with Crippen molar-refractivity contribution >= 4 is 0 Å². The van der Waals surface area contributed by atoms with Gasteiger partial charge in [0.15, 0.2) is 11.5 Å². The van der Waals surface area contributed by atoms with Gasteiger partial charge in [-0.3, -0.25) is 0 Å². The van der Waals surface area contributed by atoms with Crippen LogP contribution in [0.4, 0.5) is 0 Å². The first-order valence-electron chi connectivity index (χ1n) is 5.98. The highest BCUT2D eigenvalue weighted by molar-refractivity contribution is 5.54. The second kappa shape index (κ2) is 5.78. The molecule has 2 heteroatoms. The van der Waals surface area contributed by atoms with E-state index >= 15 is 0 Å². The van der Waals surface area contributed by atoms with Crippen LogP contribution in [0.25, 0.3) is 0 Å². The third-order valence-corrected chi connectivity index (χ3v) is 3.07. The Labute approximate surface area is 98.6 Å². The fraction of sp³-hybridized carbons (Fsp3) is 0.571. The van der Waals surface area contributed by atoms with E-state index in [0.717, 1.165) is 30.8 Å². The number of benzene rings is 1. The van der Waals surface area contributed by atoms with Gasteiger partial charge in [0.2, 0.25) is 0 Å². The van der Waals surface area contributed by atoms with Crippen LogP contribution >= 0.6 is 0 Å². The molecule has 2 nitrogen and oxygen atoms in total. The Bertz CT molecular complexity index is 326. The molecule has 16 heavy (non-hydrogen) atoms. The van der Waals surface area contributed by atoms with Crippen molar-refractivity contribution in [3.63, 3.8) is 0 Å². The molecule has 0 aliphatic rings. The molecule has 1 aromatic carbocycles. The van der Waals surface area contributed by atoms with Gasteiger partial charge < -0.3 is 9.47 Å².